The Morgan fingerprint density at radius 1 is 1.11 bits per heavy atom. The van der Waals surface area contributed by atoms with Crippen LogP contribution in [0.5, 0.6) is 11.5 Å². The van der Waals surface area contributed by atoms with Crippen molar-refractivity contribution in [3.05, 3.63) is 83.2 Å². The predicted octanol–water partition coefficient (Wildman–Crippen LogP) is 4.35. The number of methoxy groups -OCH3 is 2. The maximum absolute atomic E-state index is 13.8. The SMILES string of the molecule is CCN(CCCNC(=O)[C@H]1c2cc(OC)c(OC)cc2C(=O)N(C)[C@H]1c1cccnc1)c1cccc(C)c1. The quantitative estimate of drug-likeness (QED) is 0.404. The molecule has 0 bridgehead atoms. The van der Waals surface area contributed by atoms with Gasteiger partial charge in [-0.1, -0.05) is 18.2 Å². The number of carbonyl (C=O) groups excluding carboxylic acids is 2. The fraction of sp³-hybridized carbons (Fsp3) is 0.367. The Morgan fingerprint density at radius 2 is 1.87 bits per heavy atom. The Kier molecular flexibility index (Phi) is 8.51. The van der Waals surface area contributed by atoms with Gasteiger partial charge in [-0.05, 0) is 67.3 Å². The van der Waals surface area contributed by atoms with Gasteiger partial charge in [-0.25, -0.2) is 0 Å². The van der Waals surface area contributed by atoms with E-state index in [0.717, 1.165) is 25.1 Å². The van der Waals surface area contributed by atoms with Gasteiger partial charge in [0.05, 0.1) is 26.2 Å². The van der Waals surface area contributed by atoms with Crippen molar-refractivity contribution in [3.63, 3.8) is 0 Å². The molecule has 3 aromatic rings. The Labute approximate surface area is 224 Å². The number of hydrogen-bond acceptors (Lipinski definition) is 6. The van der Waals surface area contributed by atoms with Crippen LogP contribution in [0.2, 0.25) is 0 Å². The molecule has 2 heterocycles. The van der Waals surface area contributed by atoms with Gasteiger partial charge in [-0.15, -0.1) is 0 Å². The van der Waals surface area contributed by atoms with E-state index >= 15 is 0 Å². The number of fused-ring (bicyclic) bond motifs is 1. The topological polar surface area (TPSA) is 84.0 Å². The van der Waals surface area contributed by atoms with Crippen LogP contribution in [-0.4, -0.2) is 62.6 Å². The summed E-state index contributed by atoms with van der Waals surface area (Å²) in [6, 6.07) is 15.1. The lowest BCUT2D eigenvalue weighted by Crippen LogP contribution is -2.46. The number of pyridine rings is 1. The summed E-state index contributed by atoms with van der Waals surface area (Å²) in [5.41, 5.74) is 4.24. The van der Waals surface area contributed by atoms with E-state index in [0.29, 0.717) is 29.2 Å². The maximum Gasteiger partial charge on any atom is 0.254 e. The van der Waals surface area contributed by atoms with E-state index in [2.05, 4.69) is 53.3 Å². The van der Waals surface area contributed by atoms with E-state index in [1.807, 2.05) is 12.1 Å². The highest BCUT2D eigenvalue weighted by Gasteiger charge is 2.43. The van der Waals surface area contributed by atoms with Gasteiger partial charge in [-0.3, -0.25) is 14.6 Å². The number of anilines is 1. The number of hydrogen-bond donors (Lipinski definition) is 1. The van der Waals surface area contributed by atoms with Gasteiger partial charge in [0, 0.05) is 50.3 Å². The number of carbonyl (C=O) groups is 2. The lowest BCUT2D eigenvalue weighted by molar-refractivity contribution is -0.124. The highest BCUT2D eigenvalue weighted by atomic mass is 16.5. The molecule has 0 aliphatic carbocycles. The highest BCUT2D eigenvalue weighted by Crippen LogP contribution is 2.45. The number of rotatable bonds is 10. The summed E-state index contributed by atoms with van der Waals surface area (Å²) in [6.45, 7) is 6.43. The zero-order chi connectivity index (χ0) is 27.2. The first kappa shape index (κ1) is 27.0. The van der Waals surface area contributed by atoms with Crippen LogP contribution in [0.3, 0.4) is 0 Å². The molecule has 38 heavy (non-hydrogen) atoms. The molecule has 0 saturated carbocycles. The molecule has 2 aromatic carbocycles. The van der Waals surface area contributed by atoms with Crippen LogP contribution >= 0.6 is 0 Å². The van der Waals surface area contributed by atoms with Gasteiger partial charge in [0.25, 0.3) is 5.91 Å². The average Bonchev–Trinajstić information content (AvgIpc) is 2.94. The number of nitrogens with one attached hydrogen (secondary N) is 1. The standard InChI is InChI=1S/C30H36N4O4/c1-6-34(22-12-7-10-20(2)16-22)15-9-14-32-29(35)27-23-17-25(37-4)26(38-5)18-24(23)30(36)33(3)28(27)21-11-8-13-31-19-21/h7-8,10-13,16-19,27-28H,6,9,14-15H2,1-5H3,(H,32,35)/t27-,28-/m0/s1. The number of benzene rings is 2. The third-order valence-electron chi connectivity index (χ3n) is 7.14. The molecule has 1 aliphatic heterocycles. The Morgan fingerprint density at radius 3 is 2.53 bits per heavy atom. The summed E-state index contributed by atoms with van der Waals surface area (Å²) in [6.07, 6.45) is 4.17. The van der Waals surface area contributed by atoms with Gasteiger partial charge in [0.15, 0.2) is 11.5 Å². The zero-order valence-corrected chi connectivity index (χ0v) is 22.7. The third kappa shape index (κ3) is 5.44. The van der Waals surface area contributed by atoms with E-state index < -0.39 is 12.0 Å². The monoisotopic (exact) mass is 516 g/mol. The molecular weight excluding hydrogens is 480 g/mol. The van der Waals surface area contributed by atoms with E-state index in [1.54, 1.807) is 43.6 Å². The van der Waals surface area contributed by atoms with Gasteiger partial charge in [0.2, 0.25) is 5.91 Å². The highest BCUT2D eigenvalue weighted by molar-refractivity contribution is 6.02. The summed E-state index contributed by atoms with van der Waals surface area (Å²) >= 11 is 0. The second-order valence-electron chi connectivity index (χ2n) is 9.48. The summed E-state index contributed by atoms with van der Waals surface area (Å²) < 4.78 is 11.0. The van der Waals surface area contributed by atoms with E-state index in [9.17, 15) is 9.59 Å². The van der Waals surface area contributed by atoms with Crippen LogP contribution in [0.15, 0.2) is 60.9 Å². The Bertz CT molecular complexity index is 1280. The van der Waals surface area contributed by atoms with Crippen molar-refractivity contribution in [2.75, 3.05) is 45.8 Å². The number of aromatic nitrogens is 1. The summed E-state index contributed by atoms with van der Waals surface area (Å²) in [4.78, 5) is 35.4. The number of amides is 2. The number of nitrogens with zero attached hydrogens (tertiary/aromatic N) is 3. The van der Waals surface area contributed by atoms with Crippen LogP contribution in [0.4, 0.5) is 5.69 Å². The second kappa shape index (κ2) is 12.0. The van der Waals surface area contributed by atoms with E-state index in [4.69, 9.17) is 9.47 Å². The summed E-state index contributed by atoms with van der Waals surface area (Å²) in [5.74, 6) is -0.0532. The molecule has 0 saturated heterocycles. The number of ether oxygens (including phenoxy) is 2. The normalized spacial score (nSPS) is 16.6. The molecular formula is C30H36N4O4. The molecule has 4 rings (SSSR count). The molecule has 0 spiro atoms. The van der Waals surface area contributed by atoms with Gasteiger partial charge in [-0.2, -0.15) is 0 Å². The minimum absolute atomic E-state index is 0.148. The van der Waals surface area contributed by atoms with Crippen molar-refractivity contribution in [1.29, 1.82) is 0 Å². The van der Waals surface area contributed by atoms with Crippen LogP contribution in [-0.2, 0) is 4.79 Å². The van der Waals surface area contributed by atoms with Crippen molar-refractivity contribution in [3.8, 4) is 11.5 Å². The molecule has 8 heteroatoms. The van der Waals surface area contributed by atoms with Crippen LogP contribution in [0, 0.1) is 6.92 Å². The molecule has 1 N–H and O–H groups in total. The molecule has 0 radical (unpaired) electrons. The van der Waals surface area contributed by atoms with Crippen molar-refractivity contribution < 1.29 is 19.1 Å². The van der Waals surface area contributed by atoms with Gasteiger partial charge >= 0.3 is 0 Å². The van der Waals surface area contributed by atoms with Crippen molar-refractivity contribution in [1.82, 2.24) is 15.2 Å². The molecule has 2 amide bonds. The van der Waals surface area contributed by atoms with Crippen molar-refractivity contribution >= 4 is 17.5 Å². The minimum atomic E-state index is -0.643. The van der Waals surface area contributed by atoms with Crippen LogP contribution in [0.1, 0.15) is 52.4 Å². The molecule has 0 unspecified atom stereocenters. The molecule has 0 fully saturated rings. The van der Waals surface area contributed by atoms with Crippen LogP contribution in [0.25, 0.3) is 0 Å². The van der Waals surface area contributed by atoms with Crippen molar-refractivity contribution in [2.45, 2.75) is 32.2 Å². The first-order valence-corrected chi connectivity index (χ1v) is 12.9. The van der Waals surface area contributed by atoms with Gasteiger partial charge < -0.3 is 24.6 Å². The second-order valence-corrected chi connectivity index (χ2v) is 9.48. The first-order valence-electron chi connectivity index (χ1n) is 12.9. The molecule has 2 atom stereocenters. The van der Waals surface area contributed by atoms with E-state index in [-0.39, 0.29) is 11.8 Å². The summed E-state index contributed by atoms with van der Waals surface area (Å²) in [5, 5.41) is 3.14. The molecule has 8 nitrogen and oxygen atoms in total. The lowest BCUT2D eigenvalue weighted by atomic mass is 9.79. The van der Waals surface area contributed by atoms with Crippen LogP contribution < -0.4 is 19.7 Å². The average molecular weight is 517 g/mol. The maximum atomic E-state index is 13.8. The predicted molar refractivity (Wildman–Crippen MR) is 148 cm³/mol. The molecule has 200 valence electrons. The molecule has 1 aliphatic rings. The smallest absolute Gasteiger partial charge is 0.254 e. The van der Waals surface area contributed by atoms with Crippen molar-refractivity contribution in [2.24, 2.45) is 0 Å². The summed E-state index contributed by atoms with van der Waals surface area (Å²) in [7, 11) is 4.80. The van der Waals surface area contributed by atoms with E-state index in [1.165, 1.54) is 18.4 Å². The number of aryl methyl sites for hydroxylation is 1. The largest absolute Gasteiger partial charge is 0.493 e. The fourth-order valence-electron chi connectivity index (χ4n) is 5.18. The minimum Gasteiger partial charge on any atom is -0.493 e. The Hall–Kier alpha value is -4.07. The number of likely N-dealkylation sites (N-methyl/N-ethyl adjacent to an activating group) is 1. The zero-order valence-electron chi connectivity index (χ0n) is 22.7. The third-order valence-corrected chi connectivity index (χ3v) is 7.14. The first-order chi connectivity index (χ1) is 18.4. The molecule has 1 aromatic heterocycles. The van der Waals surface area contributed by atoms with Gasteiger partial charge in [0.1, 0.15) is 0 Å². The fourth-order valence-corrected chi connectivity index (χ4v) is 5.18. The Balaban J connectivity index is 1.59. The lowest BCUT2D eigenvalue weighted by Gasteiger charge is -2.40.